The highest BCUT2D eigenvalue weighted by molar-refractivity contribution is 6.05. The Morgan fingerprint density at radius 1 is 1.18 bits per heavy atom. The van der Waals surface area contributed by atoms with Crippen molar-refractivity contribution in [3.05, 3.63) is 34.9 Å². The predicted molar refractivity (Wildman–Crippen MR) is 102 cm³/mol. The van der Waals surface area contributed by atoms with Gasteiger partial charge in [-0.25, -0.2) is 0 Å². The molecule has 1 aromatic rings. The Bertz CT molecular complexity index is 846. The number of hydrogen-bond acceptors (Lipinski definition) is 5. The van der Waals surface area contributed by atoms with Gasteiger partial charge in [0, 0.05) is 38.2 Å². The summed E-state index contributed by atoms with van der Waals surface area (Å²) in [4.78, 5) is 40.5. The third-order valence-corrected chi connectivity index (χ3v) is 6.84. The lowest BCUT2D eigenvalue weighted by Gasteiger charge is -2.29. The van der Waals surface area contributed by atoms with Gasteiger partial charge < -0.3 is 10.2 Å². The number of benzene rings is 1. The second-order valence-corrected chi connectivity index (χ2v) is 8.78. The second-order valence-electron chi connectivity index (χ2n) is 8.78. The summed E-state index contributed by atoms with van der Waals surface area (Å²) in [6.07, 6.45) is 3.21. The Morgan fingerprint density at radius 2 is 2.07 bits per heavy atom. The molecule has 2 N–H and O–H groups in total. The summed E-state index contributed by atoms with van der Waals surface area (Å²) < 4.78 is 0. The molecule has 3 amide bonds. The first-order chi connectivity index (χ1) is 13.5. The van der Waals surface area contributed by atoms with Crippen LogP contribution in [0.5, 0.6) is 0 Å². The fourth-order valence-corrected chi connectivity index (χ4v) is 5.29. The van der Waals surface area contributed by atoms with Crippen LogP contribution < -0.4 is 10.6 Å². The molecule has 4 aliphatic rings. The van der Waals surface area contributed by atoms with Gasteiger partial charge in [0.1, 0.15) is 6.04 Å². The zero-order valence-corrected chi connectivity index (χ0v) is 16.0. The van der Waals surface area contributed by atoms with Crippen molar-refractivity contribution in [2.24, 2.45) is 5.41 Å². The van der Waals surface area contributed by atoms with Gasteiger partial charge in [0.05, 0.1) is 0 Å². The van der Waals surface area contributed by atoms with Crippen LogP contribution in [0.4, 0.5) is 0 Å². The molecule has 148 valence electrons. The molecule has 7 nitrogen and oxygen atoms in total. The summed E-state index contributed by atoms with van der Waals surface area (Å²) in [5.41, 5.74) is 3.35. The van der Waals surface area contributed by atoms with Crippen LogP contribution in [0, 0.1) is 5.41 Å². The standard InChI is InChI=1S/C21H26N4O3/c26-18-4-3-17(19(27)23-18)25-11-15-9-14(1-2-16(15)20(25)28)10-24-8-6-21(13-24)5-7-22-12-21/h1-2,9,17,22H,3-8,10-13H2,(H,23,26,27). The molecule has 0 saturated carbocycles. The van der Waals surface area contributed by atoms with Crippen molar-refractivity contribution in [3.8, 4) is 0 Å². The van der Waals surface area contributed by atoms with E-state index >= 15 is 0 Å². The van der Waals surface area contributed by atoms with E-state index in [0.717, 1.165) is 38.3 Å². The van der Waals surface area contributed by atoms with Crippen molar-refractivity contribution < 1.29 is 14.4 Å². The highest BCUT2D eigenvalue weighted by Crippen LogP contribution is 2.37. The van der Waals surface area contributed by atoms with E-state index in [-0.39, 0.29) is 24.1 Å². The van der Waals surface area contributed by atoms with Crippen LogP contribution in [0.1, 0.15) is 47.2 Å². The van der Waals surface area contributed by atoms with Crippen LogP contribution in [-0.4, -0.2) is 59.7 Å². The molecule has 1 aromatic carbocycles. The Kier molecular flexibility index (Phi) is 4.25. The molecule has 1 spiro atoms. The van der Waals surface area contributed by atoms with Gasteiger partial charge in [0.15, 0.2) is 0 Å². The van der Waals surface area contributed by atoms with Crippen molar-refractivity contribution in [3.63, 3.8) is 0 Å². The molecule has 2 atom stereocenters. The first-order valence-electron chi connectivity index (χ1n) is 10.2. The molecular formula is C21H26N4O3. The predicted octanol–water partition coefficient (Wildman–Crippen LogP) is 0.633. The highest BCUT2D eigenvalue weighted by Gasteiger charge is 2.41. The molecule has 5 rings (SSSR count). The molecule has 3 fully saturated rings. The third-order valence-electron chi connectivity index (χ3n) is 6.84. The average molecular weight is 382 g/mol. The van der Waals surface area contributed by atoms with Gasteiger partial charge in [0.25, 0.3) is 5.91 Å². The van der Waals surface area contributed by atoms with Crippen LogP contribution in [0.3, 0.4) is 0 Å². The van der Waals surface area contributed by atoms with Gasteiger partial charge in [-0.1, -0.05) is 12.1 Å². The van der Waals surface area contributed by atoms with Crippen molar-refractivity contribution in [1.29, 1.82) is 0 Å². The number of carbonyl (C=O) groups is 3. The normalized spacial score (nSPS) is 30.4. The largest absolute Gasteiger partial charge is 0.322 e. The van der Waals surface area contributed by atoms with E-state index in [1.54, 1.807) is 4.90 Å². The zero-order valence-electron chi connectivity index (χ0n) is 16.0. The molecule has 0 bridgehead atoms. The summed E-state index contributed by atoms with van der Waals surface area (Å²) in [7, 11) is 0. The van der Waals surface area contributed by atoms with Crippen LogP contribution in [0.15, 0.2) is 18.2 Å². The van der Waals surface area contributed by atoms with Gasteiger partial charge in [-0.05, 0) is 55.0 Å². The van der Waals surface area contributed by atoms with E-state index in [4.69, 9.17) is 0 Å². The molecule has 0 aromatic heterocycles. The number of likely N-dealkylation sites (tertiary alicyclic amines) is 1. The Labute approximate surface area is 164 Å². The Balaban J connectivity index is 1.28. The summed E-state index contributed by atoms with van der Waals surface area (Å²) >= 11 is 0. The van der Waals surface area contributed by atoms with E-state index < -0.39 is 6.04 Å². The van der Waals surface area contributed by atoms with E-state index in [0.29, 0.717) is 23.9 Å². The number of fused-ring (bicyclic) bond motifs is 1. The van der Waals surface area contributed by atoms with E-state index in [1.807, 2.05) is 12.1 Å². The summed E-state index contributed by atoms with van der Waals surface area (Å²) in [5.74, 6) is -0.716. The number of imide groups is 1. The maximum atomic E-state index is 12.8. The fraction of sp³-hybridized carbons (Fsp3) is 0.571. The maximum Gasteiger partial charge on any atom is 0.255 e. The lowest BCUT2D eigenvalue weighted by molar-refractivity contribution is -0.136. The van der Waals surface area contributed by atoms with E-state index in [2.05, 4.69) is 21.6 Å². The van der Waals surface area contributed by atoms with E-state index in [9.17, 15) is 14.4 Å². The lowest BCUT2D eigenvalue weighted by Crippen LogP contribution is -2.52. The van der Waals surface area contributed by atoms with Gasteiger partial charge in [0.2, 0.25) is 11.8 Å². The molecule has 4 aliphatic heterocycles. The topological polar surface area (TPSA) is 81.8 Å². The number of piperidine rings is 1. The third kappa shape index (κ3) is 3.02. The van der Waals surface area contributed by atoms with E-state index in [1.165, 1.54) is 18.4 Å². The molecule has 4 heterocycles. The van der Waals surface area contributed by atoms with Gasteiger partial charge in [-0.15, -0.1) is 0 Å². The number of nitrogens with one attached hydrogen (secondary N) is 2. The minimum atomic E-state index is -0.547. The van der Waals surface area contributed by atoms with Crippen molar-refractivity contribution in [2.75, 3.05) is 26.2 Å². The molecule has 0 radical (unpaired) electrons. The minimum absolute atomic E-state index is 0.104. The monoisotopic (exact) mass is 382 g/mol. The first-order valence-corrected chi connectivity index (χ1v) is 10.2. The SMILES string of the molecule is O=C1CCC(N2Cc3cc(CN4CCC5(CCNC5)C4)ccc3C2=O)C(=O)N1. The molecule has 0 aliphatic carbocycles. The lowest BCUT2D eigenvalue weighted by atomic mass is 9.86. The van der Waals surface area contributed by atoms with Crippen molar-refractivity contribution >= 4 is 17.7 Å². The maximum absolute atomic E-state index is 12.8. The van der Waals surface area contributed by atoms with Gasteiger partial charge in [-0.2, -0.15) is 0 Å². The average Bonchev–Trinajstić information content (AvgIpc) is 3.37. The molecule has 28 heavy (non-hydrogen) atoms. The highest BCUT2D eigenvalue weighted by atomic mass is 16.2. The van der Waals surface area contributed by atoms with Gasteiger partial charge >= 0.3 is 0 Å². The Hall–Kier alpha value is -2.25. The number of nitrogens with zero attached hydrogens (tertiary/aromatic N) is 2. The molecular weight excluding hydrogens is 356 g/mol. The molecule has 7 heteroatoms. The molecule has 3 saturated heterocycles. The van der Waals surface area contributed by atoms with Crippen LogP contribution in [0.25, 0.3) is 0 Å². The van der Waals surface area contributed by atoms with Crippen molar-refractivity contribution in [2.45, 2.75) is 44.8 Å². The summed E-state index contributed by atoms with van der Waals surface area (Å²) in [6, 6.07) is 5.52. The molecule has 2 unspecified atom stereocenters. The van der Waals surface area contributed by atoms with Gasteiger partial charge in [-0.3, -0.25) is 24.6 Å². The fourth-order valence-electron chi connectivity index (χ4n) is 5.29. The zero-order chi connectivity index (χ0) is 19.3. The quantitative estimate of drug-likeness (QED) is 0.750. The van der Waals surface area contributed by atoms with Crippen LogP contribution in [0.2, 0.25) is 0 Å². The number of carbonyl (C=O) groups excluding carboxylic acids is 3. The smallest absolute Gasteiger partial charge is 0.255 e. The number of rotatable bonds is 3. The van der Waals surface area contributed by atoms with Crippen LogP contribution in [-0.2, 0) is 22.7 Å². The van der Waals surface area contributed by atoms with Crippen LogP contribution >= 0.6 is 0 Å². The number of amides is 3. The van der Waals surface area contributed by atoms with Crippen molar-refractivity contribution in [1.82, 2.24) is 20.4 Å². The Morgan fingerprint density at radius 3 is 2.86 bits per heavy atom. The first kappa shape index (κ1) is 17.8. The second kappa shape index (κ2) is 6.67. The summed E-state index contributed by atoms with van der Waals surface area (Å²) in [6.45, 7) is 5.87. The number of hydrogen-bond donors (Lipinski definition) is 2. The minimum Gasteiger partial charge on any atom is -0.322 e. The summed E-state index contributed by atoms with van der Waals surface area (Å²) in [5, 5.41) is 5.85.